The van der Waals surface area contributed by atoms with Crippen LogP contribution in [0, 0.1) is 0 Å². The Bertz CT molecular complexity index is 982. The topological polar surface area (TPSA) is 129 Å². The number of aryl methyl sites for hydroxylation is 1. The molecule has 1 aliphatic rings. The quantitative estimate of drug-likeness (QED) is 0.681. The number of tetrazole rings is 1. The van der Waals surface area contributed by atoms with Gasteiger partial charge in [-0.05, 0) is 34.7 Å². The molecule has 3 aromatic rings. The lowest BCUT2D eigenvalue weighted by Gasteiger charge is -2.32. The molecule has 1 atom stereocenters. The lowest BCUT2D eigenvalue weighted by Crippen LogP contribution is -2.40. The van der Waals surface area contributed by atoms with Crippen LogP contribution in [-0.2, 0) is 11.8 Å². The van der Waals surface area contributed by atoms with Crippen LogP contribution in [0.25, 0.3) is 11.3 Å². The third-order valence-electron chi connectivity index (χ3n) is 4.55. The standard InChI is InChI=1S/C17H18N6O5/c1-22-15(18-20-21-22)12-9-23(7-8-27-12)16-13(17(24)25)14(28-19-16)10-3-5-11(26-2)6-4-10/h3-6,12H,7-9H2,1-2H3,(H,24,25). The maximum absolute atomic E-state index is 12.0. The number of morpholine rings is 1. The second-order valence-electron chi connectivity index (χ2n) is 6.21. The molecule has 0 aliphatic carbocycles. The van der Waals surface area contributed by atoms with E-state index >= 15 is 0 Å². The Morgan fingerprint density at radius 2 is 2.11 bits per heavy atom. The lowest BCUT2D eigenvalue weighted by molar-refractivity contribution is 0.0310. The van der Waals surface area contributed by atoms with Gasteiger partial charge < -0.3 is 24.0 Å². The monoisotopic (exact) mass is 386 g/mol. The molecule has 0 amide bonds. The molecule has 1 saturated heterocycles. The van der Waals surface area contributed by atoms with Crippen LogP contribution in [0.4, 0.5) is 5.82 Å². The van der Waals surface area contributed by atoms with Crippen LogP contribution in [0.15, 0.2) is 28.8 Å². The van der Waals surface area contributed by atoms with E-state index in [0.29, 0.717) is 36.8 Å². The number of carbonyl (C=O) groups is 1. The molecule has 0 bridgehead atoms. The predicted molar refractivity (Wildman–Crippen MR) is 95.2 cm³/mol. The number of aromatic carboxylic acids is 1. The lowest BCUT2D eigenvalue weighted by atomic mass is 10.1. The minimum atomic E-state index is -1.12. The first kappa shape index (κ1) is 17.9. The van der Waals surface area contributed by atoms with Crippen LogP contribution < -0.4 is 9.64 Å². The van der Waals surface area contributed by atoms with Gasteiger partial charge >= 0.3 is 5.97 Å². The number of carboxylic acid groups (broad SMARTS) is 1. The van der Waals surface area contributed by atoms with E-state index in [-0.39, 0.29) is 17.1 Å². The van der Waals surface area contributed by atoms with E-state index in [9.17, 15) is 9.90 Å². The first-order valence-electron chi connectivity index (χ1n) is 8.54. The maximum atomic E-state index is 12.0. The molecule has 146 valence electrons. The Morgan fingerprint density at radius 1 is 1.32 bits per heavy atom. The van der Waals surface area contributed by atoms with E-state index < -0.39 is 12.1 Å². The Labute approximate surface area is 159 Å². The summed E-state index contributed by atoms with van der Waals surface area (Å²) in [5, 5.41) is 25.3. The van der Waals surface area contributed by atoms with Gasteiger partial charge in [0.1, 0.15) is 11.9 Å². The van der Waals surface area contributed by atoms with Gasteiger partial charge in [0.2, 0.25) is 0 Å². The van der Waals surface area contributed by atoms with E-state index in [2.05, 4.69) is 20.7 Å². The van der Waals surface area contributed by atoms with Crippen LogP contribution in [0.1, 0.15) is 22.3 Å². The normalized spacial score (nSPS) is 16.9. The Balaban J connectivity index is 1.66. The van der Waals surface area contributed by atoms with E-state index in [0.717, 1.165) is 0 Å². The van der Waals surface area contributed by atoms with Crippen LogP contribution in [0.5, 0.6) is 5.75 Å². The van der Waals surface area contributed by atoms with Gasteiger partial charge in [0.15, 0.2) is 23.0 Å². The number of rotatable bonds is 5. The molecule has 0 radical (unpaired) electrons. The number of anilines is 1. The summed E-state index contributed by atoms with van der Waals surface area (Å²) < 4.78 is 17.8. The number of aromatic nitrogens is 5. The second-order valence-corrected chi connectivity index (χ2v) is 6.21. The zero-order chi connectivity index (χ0) is 19.7. The molecule has 1 aliphatic heterocycles. The van der Waals surface area contributed by atoms with Gasteiger partial charge in [-0.25, -0.2) is 9.48 Å². The van der Waals surface area contributed by atoms with Gasteiger partial charge in [-0.15, -0.1) is 5.10 Å². The first-order chi connectivity index (χ1) is 13.6. The maximum Gasteiger partial charge on any atom is 0.343 e. The molecule has 1 unspecified atom stereocenters. The molecule has 28 heavy (non-hydrogen) atoms. The smallest absolute Gasteiger partial charge is 0.343 e. The van der Waals surface area contributed by atoms with Crippen molar-refractivity contribution < 1.29 is 23.9 Å². The summed E-state index contributed by atoms with van der Waals surface area (Å²) in [4.78, 5) is 13.8. The van der Waals surface area contributed by atoms with Crippen molar-refractivity contribution in [2.75, 3.05) is 31.7 Å². The summed E-state index contributed by atoms with van der Waals surface area (Å²) in [6.45, 7) is 1.20. The number of carboxylic acids is 1. The van der Waals surface area contributed by atoms with Gasteiger partial charge in [0.25, 0.3) is 0 Å². The van der Waals surface area contributed by atoms with E-state index in [1.54, 1.807) is 38.4 Å². The Morgan fingerprint density at radius 3 is 2.75 bits per heavy atom. The Kier molecular flexibility index (Phi) is 4.65. The molecule has 11 heteroatoms. The fraction of sp³-hybridized carbons (Fsp3) is 0.353. The molecular weight excluding hydrogens is 368 g/mol. The van der Waals surface area contributed by atoms with Crippen molar-refractivity contribution in [3.05, 3.63) is 35.7 Å². The van der Waals surface area contributed by atoms with E-state index in [1.165, 1.54) is 4.68 Å². The zero-order valence-corrected chi connectivity index (χ0v) is 15.3. The summed E-state index contributed by atoms with van der Waals surface area (Å²) in [5.74, 6) is 0.537. The number of hydrogen-bond acceptors (Lipinski definition) is 9. The highest BCUT2D eigenvalue weighted by atomic mass is 16.5. The highest BCUT2D eigenvalue weighted by molar-refractivity contribution is 5.99. The van der Waals surface area contributed by atoms with Crippen LogP contribution in [-0.4, -0.2) is 63.2 Å². The molecule has 11 nitrogen and oxygen atoms in total. The molecule has 0 spiro atoms. The number of benzene rings is 1. The summed E-state index contributed by atoms with van der Waals surface area (Å²) in [6.07, 6.45) is -0.406. The predicted octanol–water partition coefficient (Wildman–Crippen LogP) is 1.15. The summed E-state index contributed by atoms with van der Waals surface area (Å²) in [7, 11) is 3.28. The minimum absolute atomic E-state index is 0.00177. The van der Waals surface area contributed by atoms with Gasteiger partial charge in [0, 0.05) is 19.2 Å². The number of nitrogens with zero attached hydrogens (tertiary/aromatic N) is 6. The fourth-order valence-corrected chi connectivity index (χ4v) is 3.14. The third-order valence-corrected chi connectivity index (χ3v) is 4.55. The summed E-state index contributed by atoms with van der Waals surface area (Å²) >= 11 is 0. The largest absolute Gasteiger partial charge is 0.497 e. The first-order valence-corrected chi connectivity index (χ1v) is 8.54. The van der Waals surface area contributed by atoms with Crippen molar-refractivity contribution in [2.45, 2.75) is 6.10 Å². The third kappa shape index (κ3) is 3.16. The van der Waals surface area contributed by atoms with Gasteiger partial charge in [-0.2, -0.15) is 0 Å². The minimum Gasteiger partial charge on any atom is -0.497 e. The number of methoxy groups -OCH3 is 1. The number of hydrogen-bond donors (Lipinski definition) is 1. The van der Waals surface area contributed by atoms with Crippen molar-refractivity contribution in [3.8, 4) is 17.1 Å². The van der Waals surface area contributed by atoms with Crippen LogP contribution >= 0.6 is 0 Å². The van der Waals surface area contributed by atoms with Crippen LogP contribution in [0.2, 0.25) is 0 Å². The molecule has 3 heterocycles. The highest BCUT2D eigenvalue weighted by Gasteiger charge is 2.33. The van der Waals surface area contributed by atoms with Crippen molar-refractivity contribution in [2.24, 2.45) is 7.05 Å². The molecule has 4 rings (SSSR count). The van der Waals surface area contributed by atoms with Crippen molar-refractivity contribution >= 4 is 11.8 Å². The second kappa shape index (κ2) is 7.27. The molecule has 1 N–H and O–H groups in total. The van der Waals surface area contributed by atoms with E-state index in [1.807, 2.05) is 4.90 Å². The van der Waals surface area contributed by atoms with Crippen molar-refractivity contribution in [1.29, 1.82) is 0 Å². The SMILES string of the molecule is COc1ccc(-c2onc(N3CCOC(c4nnnn4C)C3)c2C(=O)O)cc1. The molecular formula is C17H18N6O5. The van der Waals surface area contributed by atoms with Crippen molar-refractivity contribution in [3.63, 3.8) is 0 Å². The highest BCUT2D eigenvalue weighted by Crippen LogP contribution is 2.34. The average molecular weight is 386 g/mol. The summed E-state index contributed by atoms with van der Waals surface area (Å²) in [6, 6.07) is 6.91. The van der Waals surface area contributed by atoms with Gasteiger partial charge in [0.05, 0.1) is 20.3 Å². The fourth-order valence-electron chi connectivity index (χ4n) is 3.14. The average Bonchev–Trinajstić information content (AvgIpc) is 3.34. The zero-order valence-electron chi connectivity index (χ0n) is 15.3. The molecule has 2 aromatic heterocycles. The van der Waals surface area contributed by atoms with E-state index in [4.69, 9.17) is 14.0 Å². The Hall–Kier alpha value is -3.47. The molecule has 1 fully saturated rings. The molecule has 0 saturated carbocycles. The number of ether oxygens (including phenoxy) is 2. The van der Waals surface area contributed by atoms with Crippen LogP contribution in [0.3, 0.4) is 0 Å². The van der Waals surface area contributed by atoms with Crippen molar-refractivity contribution in [1.82, 2.24) is 25.4 Å². The van der Waals surface area contributed by atoms with Gasteiger partial charge in [-0.3, -0.25) is 0 Å². The molecule has 1 aromatic carbocycles. The summed E-state index contributed by atoms with van der Waals surface area (Å²) in [5.41, 5.74) is 0.598. The van der Waals surface area contributed by atoms with Gasteiger partial charge in [-0.1, -0.05) is 5.16 Å².